The molecule has 2 amide bonds. The number of carbonyl (C=O) groups excluding carboxylic acids is 2. The number of ether oxygens (including phenoxy) is 1. The maximum absolute atomic E-state index is 12.5. The van der Waals surface area contributed by atoms with E-state index < -0.39 is 0 Å². The highest BCUT2D eigenvalue weighted by Crippen LogP contribution is 2.29. The summed E-state index contributed by atoms with van der Waals surface area (Å²) in [6.07, 6.45) is 0.452. The first-order chi connectivity index (χ1) is 15.5. The van der Waals surface area contributed by atoms with Gasteiger partial charge in [-0.15, -0.1) is 11.3 Å². The molecule has 3 N–H and O–H groups in total. The quantitative estimate of drug-likeness (QED) is 0.358. The third kappa shape index (κ3) is 5.46. The van der Waals surface area contributed by atoms with E-state index >= 15 is 0 Å². The van der Waals surface area contributed by atoms with Gasteiger partial charge in [-0.25, -0.2) is 0 Å². The Kier molecular flexibility index (Phi) is 6.72. The Labute approximate surface area is 193 Å². The molecule has 7 nitrogen and oxygen atoms in total. The number of benzene rings is 2. The van der Waals surface area contributed by atoms with E-state index in [2.05, 4.69) is 20.8 Å². The second-order valence-electron chi connectivity index (χ2n) is 7.19. The molecule has 0 radical (unpaired) electrons. The van der Waals surface area contributed by atoms with E-state index in [0.717, 1.165) is 26.2 Å². The molecule has 0 aliphatic rings. The van der Waals surface area contributed by atoms with Gasteiger partial charge in [0.25, 0.3) is 0 Å². The van der Waals surface area contributed by atoms with Gasteiger partial charge in [-0.2, -0.15) is 5.10 Å². The fourth-order valence-electron chi connectivity index (χ4n) is 3.22. The van der Waals surface area contributed by atoms with Crippen LogP contribution in [0.1, 0.15) is 16.0 Å². The van der Waals surface area contributed by atoms with Crippen LogP contribution in [0.3, 0.4) is 0 Å². The highest BCUT2D eigenvalue weighted by molar-refractivity contribution is 7.18. The molecule has 2 aromatic heterocycles. The fraction of sp³-hybridized carbons (Fsp3) is 0.174. The van der Waals surface area contributed by atoms with Crippen LogP contribution in [-0.2, 0) is 29.0 Å². The van der Waals surface area contributed by atoms with Gasteiger partial charge < -0.3 is 15.4 Å². The number of hydrogen-bond donors (Lipinski definition) is 3. The minimum atomic E-state index is -0.169. The predicted molar refractivity (Wildman–Crippen MR) is 126 cm³/mol. The van der Waals surface area contributed by atoms with Crippen molar-refractivity contribution in [3.63, 3.8) is 0 Å². The first-order valence-electron chi connectivity index (χ1n) is 9.91. The minimum Gasteiger partial charge on any atom is -0.497 e. The number of rotatable bonds is 8. The summed E-state index contributed by atoms with van der Waals surface area (Å²) in [5, 5.41) is 14.3. The molecule has 0 spiro atoms. The predicted octanol–water partition coefficient (Wildman–Crippen LogP) is 4.33. The summed E-state index contributed by atoms with van der Waals surface area (Å²) in [6, 6.07) is 16.6. The highest BCUT2D eigenvalue weighted by atomic mass is 35.5. The Hall–Kier alpha value is -3.36. The second kappa shape index (κ2) is 9.84. The SMILES string of the molecule is COc1cccc(CC(=O)Nc2[nH]nc3sc(CC(=O)NCc4ccc(Cl)cc4)cc23)c1. The number of methoxy groups -OCH3 is 1. The Morgan fingerprint density at radius 3 is 2.66 bits per heavy atom. The van der Waals surface area contributed by atoms with E-state index in [9.17, 15) is 9.59 Å². The number of hydrogen-bond acceptors (Lipinski definition) is 5. The molecule has 0 aliphatic heterocycles. The molecule has 0 saturated heterocycles. The van der Waals surface area contributed by atoms with E-state index in [1.165, 1.54) is 11.3 Å². The third-order valence-electron chi connectivity index (χ3n) is 4.80. The van der Waals surface area contributed by atoms with Crippen LogP contribution in [0.5, 0.6) is 5.75 Å². The van der Waals surface area contributed by atoms with E-state index in [4.69, 9.17) is 16.3 Å². The second-order valence-corrected chi connectivity index (χ2v) is 8.74. The van der Waals surface area contributed by atoms with Crippen LogP contribution in [-0.4, -0.2) is 29.1 Å². The van der Waals surface area contributed by atoms with Crippen molar-refractivity contribution in [2.75, 3.05) is 12.4 Å². The molecular formula is C23H21ClN4O3S. The van der Waals surface area contributed by atoms with Gasteiger partial charge in [0.1, 0.15) is 16.4 Å². The normalized spacial score (nSPS) is 10.8. The minimum absolute atomic E-state index is 0.0866. The Balaban J connectivity index is 1.35. The zero-order valence-corrected chi connectivity index (χ0v) is 18.8. The van der Waals surface area contributed by atoms with Gasteiger partial charge >= 0.3 is 0 Å². The molecule has 164 valence electrons. The summed E-state index contributed by atoms with van der Waals surface area (Å²) in [5.74, 6) is 0.974. The van der Waals surface area contributed by atoms with E-state index in [1.54, 1.807) is 19.2 Å². The Morgan fingerprint density at radius 2 is 1.88 bits per heavy atom. The number of nitrogens with one attached hydrogen (secondary N) is 3. The van der Waals surface area contributed by atoms with Crippen LogP contribution in [0, 0.1) is 0 Å². The topological polar surface area (TPSA) is 96.1 Å². The van der Waals surface area contributed by atoms with Gasteiger partial charge in [0.15, 0.2) is 0 Å². The number of aromatic nitrogens is 2. The number of carbonyl (C=O) groups is 2. The summed E-state index contributed by atoms with van der Waals surface area (Å²) in [6.45, 7) is 0.435. The average molecular weight is 469 g/mol. The molecule has 0 aliphatic carbocycles. The number of fused-ring (bicyclic) bond motifs is 1. The zero-order valence-electron chi connectivity index (χ0n) is 17.3. The number of halogens is 1. The summed E-state index contributed by atoms with van der Waals surface area (Å²) < 4.78 is 5.20. The summed E-state index contributed by atoms with van der Waals surface area (Å²) in [7, 11) is 1.59. The summed E-state index contributed by atoms with van der Waals surface area (Å²) >= 11 is 7.30. The number of aromatic amines is 1. The lowest BCUT2D eigenvalue weighted by Gasteiger charge is -2.05. The Bertz CT molecular complexity index is 1250. The van der Waals surface area contributed by atoms with Crippen LogP contribution in [0.2, 0.25) is 5.02 Å². The van der Waals surface area contributed by atoms with Gasteiger partial charge in [0.2, 0.25) is 11.8 Å². The zero-order chi connectivity index (χ0) is 22.5. The van der Waals surface area contributed by atoms with Crippen LogP contribution in [0.15, 0.2) is 54.6 Å². The number of amides is 2. The molecule has 0 atom stereocenters. The number of nitrogens with zero attached hydrogens (tertiary/aromatic N) is 1. The van der Waals surface area contributed by atoms with Gasteiger partial charge in [-0.1, -0.05) is 35.9 Å². The maximum Gasteiger partial charge on any atom is 0.229 e. The van der Waals surface area contributed by atoms with Crippen LogP contribution in [0.25, 0.3) is 10.2 Å². The monoisotopic (exact) mass is 468 g/mol. The molecule has 2 heterocycles. The highest BCUT2D eigenvalue weighted by Gasteiger charge is 2.15. The van der Waals surface area contributed by atoms with Crippen molar-refractivity contribution >= 4 is 50.8 Å². The van der Waals surface area contributed by atoms with Crippen LogP contribution < -0.4 is 15.4 Å². The van der Waals surface area contributed by atoms with Crippen LogP contribution >= 0.6 is 22.9 Å². The van der Waals surface area contributed by atoms with E-state index in [-0.39, 0.29) is 24.7 Å². The van der Waals surface area contributed by atoms with Gasteiger partial charge in [0, 0.05) is 16.4 Å². The molecular weight excluding hydrogens is 448 g/mol. The smallest absolute Gasteiger partial charge is 0.229 e. The van der Waals surface area contributed by atoms with Crippen molar-refractivity contribution < 1.29 is 14.3 Å². The first-order valence-corrected chi connectivity index (χ1v) is 11.1. The molecule has 0 fully saturated rings. The fourth-order valence-corrected chi connectivity index (χ4v) is 4.33. The van der Waals surface area contributed by atoms with Crippen molar-refractivity contribution in [1.82, 2.24) is 15.5 Å². The summed E-state index contributed by atoms with van der Waals surface area (Å²) in [4.78, 5) is 26.4. The van der Waals surface area contributed by atoms with Crippen molar-refractivity contribution in [1.29, 1.82) is 0 Å². The first kappa shape index (κ1) is 21.9. The van der Waals surface area contributed by atoms with Crippen LogP contribution in [0.4, 0.5) is 5.82 Å². The summed E-state index contributed by atoms with van der Waals surface area (Å²) in [5.41, 5.74) is 1.82. The molecule has 2 aromatic carbocycles. The van der Waals surface area contributed by atoms with Gasteiger partial charge in [-0.05, 0) is 41.5 Å². The molecule has 0 bridgehead atoms. The molecule has 32 heavy (non-hydrogen) atoms. The average Bonchev–Trinajstić information content (AvgIpc) is 3.34. The maximum atomic E-state index is 12.5. The largest absolute Gasteiger partial charge is 0.497 e. The van der Waals surface area contributed by atoms with Crippen molar-refractivity contribution in [3.8, 4) is 5.75 Å². The van der Waals surface area contributed by atoms with E-state index in [1.807, 2.05) is 42.5 Å². The lowest BCUT2D eigenvalue weighted by molar-refractivity contribution is -0.120. The number of thiophene rings is 1. The Morgan fingerprint density at radius 1 is 1.06 bits per heavy atom. The van der Waals surface area contributed by atoms with Gasteiger partial charge in [-0.3, -0.25) is 14.7 Å². The third-order valence-corrected chi connectivity index (χ3v) is 6.08. The van der Waals surface area contributed by atoms with Crippen molar-refractivity contribution in [3.05, 3.63) is 75.6 Å². The molecule has 4 aromatic rings. The van der Waals surface area contributed by atoms with Crippen molar-refractivity contribution in [2.24, 2.45) is 0 Å². The lowest BCUT2D eigenvalue weighted by atomic mass is 10.1. The standard InChI is InChI=1S/C23H21ClN4O3S/c1-31-17-4-2-3-15(9-17)10-21(30)26-22-19-11-18(32-23(19)28-27-22)12-20(29)25-13-14-5-7-16(24)8-6-14/h2-9,11H,10,12-13H2,1H3,(H,25,29)(H2,26,27,28,30). The molecule has 0 unspecified atom stereocenters. The lowest BCUT2D eigenvalue weighted by Crippen LogP contribution is -2.24. The number of H-pyrrole nitrogens is 1. The van der Waals surface area contributed by atoms with E-state index in [0.29, 0.717) is 23.1 Å². The molecule has 9 heteroatoms. The number of anilines is 1. The van der Waals surface area contributed by atoms with Gasteiger partial charge in [0.05, 0.1) is 25.3 Å². The molecule has 0 saturated carbocycles. The van der Waals surface area contributed by atoms with Crippen molar-refractivity contribution in [2.45, 2.75) is 19.4 Å². The molecule has 4 rings (SSSR count).